The highest BCUT2D eigenvalue weighted by Gasteiger charge is 2.55. The van der Waals surface area contributed by atoms with Gasteiger partial charge in [-0.1, -0.05) is 31.0 Å². The van der Waals surface area contributed by atoms with Gasteiger partial charge in [-0.05, 0) is 120 Å². The highest BCUT2D eigenvalue weighted by atomic mass is 127. The van der Waals surface area contributed by atoms with Crippen LogP contribution in [0.15, 0.2) is 76.0 Å². The lowest BCUT2D eigenvalue weighted by Crippen LogP contribution is -2.36. The number of aliphatic hydroxyl groups excluding tert-OH is 5. The van der Waals surface area contributed by atoms with E-state index in [0.717, 1.165) is 60.5 Å². The topological polar surface area (TPSA) is 379 Å². The Labute approximate surface area is 593 Å². The van der Waals surface area contributed by atoms with Crippen LogP contribution in [0, 0.1) is 21.3 Å². The van der Waals surface area contributed by atoms with Crippen molar-refractivity contribution >= 4 is 134 Å². The predicted molar refractivity (Wildman–Crippen MR) is 384 cm³/mol. The van der Waals surface area contributed by atoms with Crippen LogP contribution >= 0.6 is 80.1 Å². The number of thioether (sulfide) groups is 2. The van der Waals surface area contributed by atoms with Gasteiger partial charge in [-0.25, -0.2) is 24.9 Å². The molecule has 34 heteroatoms. The van der Waals surface area contributed by atoms with Crippen molar-refractivity contribution in [3.05, 3.63) is 74.8 Å². The fourth-order valence-electron chi connectivity index (χ4n) is 12.5. The molecule has 0 radical (unpaired) electrons. The first kappa shape index (κ1) is 72.3. The molecule has 0 bridgehead atoms. The minimum Gasteiger partial charge on any atom is -0.480 e. The van der Waals surface area contributed by atoms with Crippen molar-refractivity contribution in [3.8, 4) is 32.9 Å². The third kappa shape index (κ3) is 16.0. The Kier molecular flexibility index (Phi) is 23.3. The third-order valence-electron chi connectivity index (χ3n) is 17.3. The van der Waals surface area contributed by atoms with Gasteiger partial charge in [0, 0.05) is 62.2 Å². The quantitative estimate of drug-likeness (QED) is 0.0232. The van der Waals surface area contributed by atoms with Crippen molar-refractivity contribution in [1.82, 2.24) is 59.8 Å². The molecule has 9 aromatic rings. The Morgan fingerprint density at radius 2 is 1.09 bits per heavy atom. The molecule has 4 aliphatic carbocycles. The second-order valence-corrected chi connectivity index (χ2v) is 30.1. The van der Waals surface area contributed by atoms with Crippen molar-refractivity contribution in [2.24, 2.45) is 17.8 Å². The maximum absolute atomic E-state index is 13.1. The molecule has 520 valence electrons. The lowest BCUT2D eigenvalue weighted by molar-refractivity contribution is -0.159. The van der Waals surface area contributed by atoms with Gasteiger partial charge in [-0.3, -0.25) is 24.7 Å². The Balaban J connectivity index is 0.000000139. The van der Waals surface area contributed by atoms with Crippen LogP contribution in [0.3, 0.4) is 0 Å². The largest absolute Gasteiger partial charge is 0.480 e. The molecule has 9 aromatic heterocycles. The molecule has 6 fully saturated rings. The number of ether oxygens (including phenoxy) is 6. The molecule has 4 saturated carbocycles. The van der Waals surface area contributed by atoms with E-state index in [2.05, 4.69) is 93.7 Å². The zero-order chi connectivity index (χ0) is 67.6. The maximum atomic E-state index is 13.1. The van der Waals surface area contributed by atoms with Crippen LogP contribution in [0.1, 0.15) is 73.6 Å². The maximum Gasteiger partial charge on any atom is 0.264 e. The molecular formula is C63H79IN16O12S5. The van der Waals surface area contributed by atoms with E-state index in [1.165, 1.54) is 50.9 Å². The molecule has 10 N–H and O–H groups in total. The lowest BCUT2D eigenvalue weighted by Gasteiger charge is -2.27. The van der Waals surface area contributed by atoms with Gasteiger partial charge in [0.25, 0.3) is 5.56 Å². The van der Waals surface area contributed by atoms with Gasteiger partial charge in [0.2, 0.25) is 17.7 Å². The molecule has 0 spiro atoms. The van der Waals surface area contributed by atoms with Gasteiger partial charge in [0.05, 0.1) is 94.4 Å². The van der Waals surface area contributed by atoms with Gasteiger partial charge in [-0.15, -0.1) is 34.0 Å². The summed E-state index contributed by atoms with van der Waals surface area (Å²) >= 11 is 9.61. The van der Waals surface area contributed by atoms with Crippen LogP contribution < -0.4 is 36.3 Å². The van der Waals surface area contributed by atoms with Gasteiger partial charge in [-0.2, -0.15) is 15.0 Å². The number of rotatable bonds is 17. The average Bonchev–Trinajstić information content (AvgIpc) is 1.64. The molecule has 2 aliphatic heterocycles. The summed E-state index contributed by atoms with van der Waals surface area (Å²) in [4.78, 5) is 64.3. The van der Waals surface area contributed by atoms with Crippen LogP contribution in [0.4, 0.5) is 23.4 Å². The van der Waals surface area contributed by atoms with Crippen molar-refractivity contribution in [2.45, 2.75) is 156 Å². The summed E-state index contributed by atoms with van der Waals surface area (Å²) < 4.78 is 39.3. The lowest BCUT2D eigenvalue weighted by atomic mass is 9.93. The molecule has 15 rings (SSSR count). The Morgan fingerprint density at radius 3 is 1.60 bits per heavy atom. The molecule has 97 heavy (non-hydrogen) atoms. The number of hydrogen-bond acceptors (Lipinski definition) is 32. The normalized spacial score (nSPS) is 25.7. The molecule has 0 unspecified atom stereocenters. The number of hydrogen-bond donors (Lipinski definition) is 10. The molecule has 12 atom stereocenters. The van der Waals surface area contributed by atoms with E-state index in [1.54, 1.807) is 62.7 Å². The SMILES string of the molecule is C.COc1nc(SC)nc(N[C@@H]2C[C@H](CO)[C@H]3OC(C)(C)O[C@H]32)c1-c1nc2cnccc2s1.COc1nc(SC)nc(N[C@@H]2C[C@H](CO)[C@H]3OC(C)(C)O[C@H]32)c1I.O=c1[nH]c(NC2CCC2)nc(N[C@@H]2C[C@H](CO)[C@@H](O)[C@H]2O)c1-c1nc2cnccc2s1.c1cc2scnc2cn1. The summed E-state index contributed by atoms with van der Waals surface area (Å²) in [7, 11) is 3.20. The second kappa shape index (κ2) is 31.3. The zero-order valence-corrected chi connectivity index (χ0v) is 59.8. The zero-order valence-electron chi connectivity index (χ0n) is 53.6. The van der Waals surface area contributed by atoms with E-state index in [0.29, 0.717) is 62.8 Å². The summed E-state index contributed by atoms with van der Waals surface area (Å²) in [5.41, 5.74) is 4.93. The van der Waals surface area contributed by atoms with E-state index < -0.39 is 35.7 Å². The number of thiazole rings is 3. The molecular weight excluding hydrogens is 1460 g/mol. The Morgan fingerprint density at radius 1 is 0.608 bits per heavy atom. The molecule has 0 amide bonds. The van der Waals surface area contributed by atoms with Crippen molar-refractivity contribution in [3.63, 3.8) is 0 Å². The van der Waals surface area contributed by atoms with Gasteiger partial charge < -0.3 is 75.2 Å². The number of aliphatic hydroxyl groups is 5. The number of methoxy groups -OCH3 is 2. The summed E-state index contributed by atoms with van der Waals surface area (Å²) in [6.07, 6.45) is 16.4. The van der Waals surface area contributed by atoms with Crippen LogP contribution in [0.2, 0.25) is 0 Å². The highest BCUT2D eigenvalue weighted by Crippen LogP contribution is 2.47. The number of nitrogens with one attached hydrogen (secondary N) is 5. The standard InChI is InChI=1S/C21H25N5O4S2.C20H24N6O4S.C15H22IN3O4S.C6H4N2S.CH4/c1-21(2)29-15-10(9-27)7-11(16(15)30-21)23-17-14(18(28-3)26-20(25-17)31-4)19-24-12-8-22-6-5-13(12)32-19;27-8-9-6-11(16(29)15(9)28)23-17-14(19-24-12-7-21-5-4-13(12)31-19)18(30)26-20(25-17)22-10-2-1-3-10;1-15(2)22-10-7(6-20)5-8(11(10)23-15)17-12-9(16)13(21-3)19-14(18-12)24-4;1-2-7-3-5-6(1)9-4-8-5;/h5-6,8,10-11,15-16,27H,7,9H2,1-4H3,(H,23,25,26);4-5,7,9-11,15-16,27-29H,1-3,6,8H2,(H3,22,23,25,26,30);7-8,10-11,20H,5-6H2,1-4H3,(H,17,18,19);1-4H;1H4/t10-,11-,15-,16+;9-,11-,15-,16+;7-,8-,10-,11+;;/m111../s1. The predicted octanol–water partition coefficient (Wildman–Crippen LogP) is 8.56. The number of H-pyrrole nitrogens is 1. The number of fused-ring (bicyclic) bond motifs is 5. The average molecular weight is 1540 g/mol. The minimum absolute atomic E-state index is 0. The number of anilines is 4. The van der Waals surface area contributed by atoms with Gasteiger partial charge in [0.15, 0.2) is 21.9 Å². The summed E-state index contributed by atoms with van der Waals surface area (Å²) in [6, 6.07) is 5.36. The first-order valence-electron chi connectivity index (χ1n) is 31.1. The van der Waals surface area contributed by atoms with E-state index >= 15 is 0 Å². The molecule has 11 heterocycles. The number of halogens is 1. The van der Waals surface area contributed by atoms with Crippen LogP contribution in [-0.2, 0) is 18.9 Å². The Bertz CT molecular complexity index is 4130. The van der Waals surface area contributed by atoms with E-state index in [1.807, 2.05) is 63.9 Å². The van der Waals surface area contributed by atoms with Crippen LogP contribution in [0.25, 0.3) is 51.8 Å². The molecule has 2 saturated heterocycles. The second-order valence-electron chi connectivity index (χ2n) is 24.6. The van der Waals surface area contributed by atoms with Crippen molar-refractivity contribution in [1.29, 1.82) is 0 Å². The van der Waals surface area contributed by atoms with Gasteiger partial charge in [0.1, 0.15) is 71.5 Å². The van der Waals surface area contributed by atoms with Gasteiger partial charge >= 0.3 is 0 Å². The smallest absolute Gasteiger partial charge is 0.264 e. The summed E-state index contributed by atoms with van der Waals surface area (Å²) in [5.74, 6) is 1.26. The molecule has 28 nitrogen and oxygen atoms in total. The third-order valence-corrected chi connectivity index (χ3v) is 22.3. The van der Waals surface area contributed by atoms with Crippen molar-refractivity contribution < 1.29 is 54.0 Å². The monoisotopic (exact) mass is 1540 g/mol. The fourth-order valence-corrected chi connectivity index (χ4v) is 16.5. The number of aromatic nitrogens is 12. The van der Waals surface area contributed by atoms with E-state index in [9.17, 15) is 30.3 Å². The van der Waals surface area contributed by atoms with Crippen LogP contribution in [0.5, 0.6) is 11.8 Å². The Hall–Kier alpha value is -5.97. The van der Waals surface area contributed by atoms with E-state index in [4.69, 9.17) is 38.4 Å². The number of pyridine rings is 3. The minimum atomic E-state index is -1.09. The van der Waals surface area contributed by atoms with Crippen LogP contribution in [-0.4, -0.2) is 204 Å². The summed E-state index contributed by atoms with van der Waals surface area (Å²) in [6.45, 7) is 7.50. The first-order chi connectivity index (χ1) is 46.3. The summed E-state index contributed by atoms with van der Waals surface area (Å²) in [5, 5.41) is 65.6. The van der Waals surface area contributed by atoms with E-state index in [-0.39, 0.29) is 98.6 Å². The molecule has 0 aromatic carbocycles. The highest BCUT2D eigenvalue weighted by molar-refractivity contribution is 14.1. The number of aromatic amines is 1. The first-order valence-corrected chi connectivity index (χ1v) is 37.2. The molecule has 6 aliphatic rings. The van der Waals surface area contributed by atoms with Crippen molar-refractivity contribution in [2.75, 3.05) is 67.8 Å². The fraction of sp³-hybridized carbons (Fsp3) is 0.524. The number of nitrogens with zero attached hydrogens (tertiary/aromatic N) is 11.